The van der Waals surface area contributed by atoms with Gasteiger partial charge in [0.2, 0.25) is 0 Å². The summed E-state index contributed by atoms with van der Waals surface area (Å²) in [6.45, 7) is 2.24. The van der Waals surface area contributed by atoms with E-state index in [-0.39, 0.29) is 0 Å². The van der Waals surface area contributed by atoms with Gasteiger partial charge in [0.15, 0.2) is 0 Å². The number of rotatable bonds is 2. The Labute approximate surface area is 82.5 Å². The van der Waals surface area contributed by atoms with E-state index in [4.69, 9.17) is 0 Å². The standard InChI is InChI=1S/C11H12OS/c1-8-7-13-11-3-2-9(4-5-12)6-10(8)11/h2-3,5-6,8H,4,7H2,1H3. The summed E-state index contributed by atoms with van der Waals surface area (Å²) >= 11 is 1.91. The van der Waals surface area contributed by atoms with Crippen LogP contribution in [-0.2, 0) is 11.2 Å². The number of carbonyl (C=O) groups excluding carboxylic acids is 1. The highest BCUT2D eigenvalue weighted by Gasteiger charge is 2.18. The van der Waals surface area contributed by atoms with Crippen molar-refractivity contribution in [3.8, 4) is 0 Å². The van der Waals surface area contributed by atoms with Crippen molar-refractivity contribution in [3.63, 3.8) is 0 Å². The van der Waals surface area contributed by atoms with Crippen molar-refractivity contribution in [2.45, 2.75) is 24.2 Å². The van der Waals surface area contributed by atoms with E-state index in [9.17, 15) is 4.79 Å². The second-order valence-corrected chi connectivity index (χ2v) is 4.52. The van der Waals surface area contributed by atoms with Crippen LogP contribution in [0.2, 0.25) is 0 Å². The van der Waals surface area contributed by atoms with Gasteiger partial charge in [-0.15, -0.1) is 11.8 Å². The number of benzene rings is 1. The maximum absolute atomic E-state index is 10.4. The third-order valence-electron chi connectivity index (χ3n) is 2.41. The van der Waals surface area contributed by atoms with Gasteiger partial charge >= 0.3 is 0 Å². The van der Waals surface area contributed by atoms with Gasteiger partial charge in [-0.1, -0.05) is 19.1 Å². The highest BCUT2D eigenvalue weighted by Crippen LogP contribution is 2.39. The monoisotopic (exact) mass is 192 g/mol. The van der Waals surface area contributed by atoms with Crippen LogP contribution in [0.4, 0.5) is 0 Å². The van der Waals surface area contributed by atoms with Crippen LogP contribution in [0.3, 0.4) is 0 Å². The molecule has 2 heteroatoms. The molecule has 1 aliphatic heterocycles. The van der Waals surface area contributed by atoms with Gasteiger partial charge in [-0.2, -0.15) is 0 Å². The molecule has 1 nitrogen and oxygen atoms in total. The number of hydrogen-bond donors (Lipinski definition) is 0. The van der Waals surface area contributed by atoms with Gasteiger partial charge < -0.3 is 4.79 Å². The summed E-state index contributed by atoms with van der Waals surface area (Å²) in [6, 6.07) is 6.37. The molecule has 0 bridgehead atoms. The van der Waals surface area contributed by atoms with Gasteiger partial charge in [-0.05, 0) is 23.1 Å². The Morgan fingerprint density at radius 3 is 3.23 bits per heavy atom. The van der Waals surface area contributed by atoms with Crippen LogP contribution in [0.25, 0.3) is 0 Å². The van der Waals surface area contributed by atoms with E-state index in [0.717, 1.165) is 11.8 Å². The Bertz CT molecular complexity index is 333. The molecule has 1 aromatic carbocycles. The second kappa shape index (κ2) is 3.54. The molecule has 0 amide bonds. The fourth-order valence-corrected chi connectivity index (χ4v) is 2.84. The first-order valence-corrected chi connectivity index (χ1v) is 5.49. The van der Waals surface area contributed by atoms with Crippen LogP contribution in [-0.4, -0.2) is 12.0 Å². The highest BCUT2D eigenvalue weighted by atomic mass is 32.2. The van der Waals surface area contributed by atoms with Crippen molar-refractivity contribution in [2.75, 3.05) is 5.75 Å². The third-order valence-corrected chi connectivity index (χ3v) is 3.76. The SMILES string of the molecule is CC1CSc2ccc(CC=O)cc21. The van der Waals surface area contributed by atoms with Crippen LogP contribution in [0.1, 0.15) is 24.0 Å². The first-order chi connectivity index (χ1) is 6.31. The topological polar surface area (TPSA) is 17.1 Å². The van der Waals surface area contributed by atoms with Crippen LogP contribution in [0.5, 0.6) is 0 Å². The van der Waals surface area contributed by atoms with E-state index >= 15 is 0 Å². The average Bonchev–Trinajstić information content (AvgIpc) is 2.49. The predicted molar refractivity (Wildman–Crippen MR) is 55.3 cm³/mol. The van der Waals surface area contributed by atoms with E-state index in [1.807, 2.05) is 11.8 Å². The number of carbonyl (C=O) groups is 1. The molecule has 1 heterocycles. The number of fused-ring (bicyclic) bond motifs is 1. The van der Waals surface area contributed by atoms with Gasteiger partial charge in [0.25, 0.3) is 0 Å². The fourth-order valence-electron chi connectivity index (χ4n) is 1.64. The summed E-state index contributed by atoms with van der Waals surface area (Å²) in [5, 5.41) is 0. The molecule has 2 rings (SSSR count). The van der Waals surface area contributed by atoms with Crippen molar-refractivity contribution in [1.82, 2.24) is 0 Å². The molecule has 0 N–H and O–H groups in total. The minimum absolute atomic E-state index is 0.546. The molecule has 1 aliphatic rings. The average molecular weight is 192 g/mol. The molecule has 1 unspecified atom stereocenters. The zero-order valence-corrected chi connectivity index (χ0v) is 8.43. The molecule has 0 radical (unpaired) electrons. The van der Waals surface area contributed by atoms with Gasteiger partial charge in [0.1, 0.15) is 6.29 Å². The number of thioether (sulfide) groups is 1. The molecule has 1 aromatic rings. The van der Waals surface area contributed by atoms with Crippen molar-refractivity contribution >= 4 is 18.0 Å². The van der Waals surface area contributed by atoms with Crippen LogP contribution >= 0.6 is 11.8 Å². The molecule has 68 valence electrons. The molecule has 0 aliphatic carbocycles. The lowest BCUT2D eigenvalue weighted by atomic mass is 10.0. The normalized spacial score (nSPS) is 19.9. The molecule has 0 aromatic heterocycles. The summed E-state index contributed by atoms with van der Waals surface area (Å²) in [4.78, 5) is 11.7. The Hall–Kier alpha value is -0.760. The molecule has 13 heavy (non-hydrogen) atoms. The maximum atomic E-state index is 10.4. The van der Waals surface area contributed by atoms with E-state index < -0.39 is 0 Å². The Balaban J connectivity index is 2.35. The zero-order chi connectivity index (χ0) is 9.26. The van der Waals surface area contributed by atoms with Crippen LogP contribution < -0.4 is 0 Å². The third kappa shape index (κ3) is 1.63. The fraction of sp³-hybridized carbons (Fsp3) is 0.364. The number of aldehydes is 1. The highest BCUT2D eigenvalue weighted by molar-refractivity contribution is 7.99. The Morgan fingerprint density at radius 2 is 2.46 bits per heavy atom. The first-order valence-electron chi connectivity index (χ1n) is 4.50. The first kappa shape index (κ1) is 8.82. The van der Waals surface area contributed by atoms with E-state index in [2.05, 4.69) is 25.1 Å². The van der Waals surface area contributed by atoms with E-state index in [1.165, 1.54) is 16.2 Å². The van der Waals surface area contributed by atoms with Crippen LogP contribution in [0, 0.1) is 0 Å². The van der Waals surface area contributed by atoms with Gasteiger partial charge in [0, 0.05) is 17.1 Å². The Kier molecular flexibility index (Phi) is 2.40. The lowest BCUT2D eigenvalue weighted by Gasteiger charge is -2.04. The van der Waals surface area contributed by atoms with Crippen molar-refractivity contribution < 1.29 is 4.79 Å². The lowest BCUT2D eigenvalue weighted by Crippen LogP contribution is -1.92. The van der Waals surface area contributed by atoms with E-state index in [1.54, 1.807) is 0 Å². The van der Waals surface area contributed by atoms with Crippen molar-refractivity contribution in [1.29, 1.82) is 0 Å². The summed E-state index contributed by atoms with van der Waals surface area (Å²) in [7, 11) is 0. The minimum atomic E-state index is 0.546. The molecule has 1 atom stereocenters. The van der Waals surface area contributed by atoms with Crippen molar-refractivity contribution in [3.05, 3.63) is 29.3 Å². The van der Waals surface area contributed by atoms with Gasteiger partial charge in [0.05, 0.1) is 0 Å². The zero-order valence-electron chi connectivity index (χ0n) is 7.62. The Morgan fingerprint density at radius 1 is 1.62 bits per heavy atom. The minimum Gasteiger partial charge on any atom is -0.303 e. The summed E-state index contributed by atoms with van der Waals surface area (Å²) < 4.78 is 0. The van der Waals surface area contributed by atoms with Crippen LogP contribution in [0.15, 0.2) is 23.1 Å². The maximum Gasteiger partial charge on any atom is 0.124 e. The number of hydrogen-bond acceptors (Lipinski definition) is 2. The molecule has 0 spiro atoms. The summed E-state index contributed by atoms with van der Waals surface area (Å²) in [6.07, 6.45) is 1.51. The summed E-state index contributed by atoms with van der Waals surface area (Å²) in [5.41, 5.74) is 2.56. The predicted octanol–water partition coefficient (Wildman–Crippen LogP) is 2.64. The van der Waals surface area contributed by atoms with E-state index in [0.29, 0.717) is 12.3 Å². The second-order valence-electron chi connectivity index (χ2n) is 3.46. The lowest BCUT2D eigenvalue weighted by molar-refractivity contribution is -0.107. The molecule has 0 saturated carbocycles. The molecular weight excluding hydrogens is 180 g/mol. The largest absolute Gasteiger partial charge is 0.303 e. The smallest absolute Gasteiger partial charge is 0.124 e. The molecule has 0 fully saturated rings. The van der Waals surface area contributed by atoms with Gasteiger partial charge in [-0.3, -0.25) is 0 Å². The van der Waals surface area contributed by atoms with Gasteiger partial charge in [-0.25, -0.2) is 0 Å². The van der Waals surface area contributed by atoms with Crippen molar-refractivity contribution in [2.24, 2.45) is 0 Å². The quantitative estimate of drug-likeness (QED) is 0.670. The summed E-state index contributed by atoms with van der Waals surface area (Å²) in [5.74, 6) is 1.83. The molecular formula is C11H12OS. The molecule has 0 saturated heterocycles.